The molecule has 114 valence electrons. The zero-order chi connectivity index (χ0) is 15.2. The lowest BCUT2D eigenvalue weighted by Gasteiger charge is -2.32. The van der Waals surface area contributed by atoms with Crippen LogP contribution in [-0.4, -0.2) is 35.1 Å². The van der Waals surface area contributed by atoms with Crippen LogP contribution in [0.5, 0.6) is 0 Å². The van der Waals surface area contributed by atoms with E-state index in [-0.39, 0.29) is 11.8 Å². The summed E-state index contributed by atoms with van der Waals surface area (Å²) in [4.78, 5) is 24.4. The summed E-state index contributed by atoms with van der Waals surface area (Å²) >= 11 is 3.22. The van der Waals surface area contributed by atoms with Gasteiger partial charge in [-0.15, -0.1) is 0 Å². The minimum Gasteiger partial charge on any atom is -0.352 e. The van der Waals surface area contributed by atoms with Crippen molar-refractivity contribution in [2.75, 3.05) is 18.4 Å². The molecular weight excluding hydrogens is 332 g/mol. The molecule has 1 aliphatic heterocycles. The highest BCUT2D eigenvalue weighted by atomic mass is 79.9. The highest BCUT2D eigenvalue weighted by molar-refractivity contribution is 9.09. The molecule has 0 radical (unpaired) electrons. The molecule has 1 N–H and O–H groups in total. The SMILES string of the molecule is CC(=O)NCc1ccc(C2CCN(C(=O)CBr)CC2)cc1. The van der Waals surface area contributed by atoms with Gasteiger partial charge in [0.25, 0.3) is 0 Å². The molecule has 1 heterocycles. The predicted octanol–water partition coefficient (Wildman–Crippen LogP) is 2.42. The van der Waals surface area contributed by atoms with Gasteiger partial charge in [-0.05, 0) is 29.9 Å². The van der Waals surface area contributed by atoms with E-state index in [1.165, 1.54) is 12.5 Å². The summed E-state index contributed by atoms with van der Waals surface area (Å²) in [5.74, 6) is 0.696. The third-order valence-electron chi connectivity index (χ3n) is 3.95. The summed E-state index contributed by atoms with van der Waals surface area (Å²) in [6, 6.07) is 8.43. The Hall–Kier alpha value is -1.36. The molecule has 1 saturated heterocycles. The van der Waals surface area contributed by atoms with Gasteiger partial charge in [0.05, 0.1) is 5.33 Å². The highest BCUT2D eigenvalue weighted by Gasteiger charge is 2.22. The van der Waals surface area contributed by atoms with Crippen LogP contribution in [0.25, 0.3) is 0 Å². The summed E-state index contributed by atoms with van der Waals surface area (Å²) < 4.78 is 0. The van der Waals surface area contributed by atoms with Crippen molar-refractivity contribution in [1.29, 1.82) is 0 Å². The fourth-order valence-electron chi connectivity index (χ4n) is 2.68. The molecule has 2 rings (SSSR count). The molecule has 1 aromatic rings. The van der Waals surface area contributed by atoms with E-state index in [4.69, 9.17) is 0 Å². The van der Waals surface area contributed by atoms with Gasteiger partial charge in [0.15, 0.2) is 0 Å². The minimum absolute atomic E-state index is 0.0112. The van der Waals surface area contributed by atoms with Gasteiger partial charge >= 0.3 is 0 Å². The van der Waals surface area contributed by atoms with Gasteiger partial charge < -0.3 is 10.2 Å². The lowest BCUT2D eigenvalue weighted by Crippen LogP contribution is -2.38. The Kier molecular flexibility index (Phi) is 5.79. The van der Waals surface area contributed by atoms with E-state index in [9.17, 15) is 9.59 Å². The van der Waals surface area contributed by atoms with Gasteiger partial charge in [-0.25, -0.2) is 0 Å². The number of alkyl halides is 1. The van der Waals surface area contributed by atoms with Crippen LogP contribution in [0, 0.1) is 0 Å². The van der Waals surface area contributed by atoms with Crippen LogP contribution in [0.15, 0.2) is 24.3 Å². The fourth-order valence-corrected chi connectivity index (χ4v) is 3.04. The first-order valence-corrected chi connectivity index (χ1v) is 8.39. The first-order valence-electron chi connectivity index (χ1n) is 7.27. The number of hydrogen-bond donors (Lipinski definition) is 1. The van der Waals surface area contributed by atoms with Gasteiger partial charge in [-0.1, -0.05) is 40.2 Å². The van der Waals surface area contributed by atoms with Crippen LogP contribution in [0.3, 0.4) is 0 Å². The molecule has 0 saturated carbocycles. The zero-order valence-electron chi connectivity index (χ0n) is 12.3. The zero-order valence-corrected chi connectivity index (χ0v) is 13.9. The Labute approximate surface area is 134 Å². The highest BCUT2D eigenvalue weighted by Crippen LogP contribution is 2.28. The molecule has 0 unspecified atom stereocenters. The van der Waals surface area contributed by atoms with E-state index < -0.39 is 0 Å². The number of carbonyl (C=O) groups excluding carboxylic acids is 2. The fraction of sp³-hybridized carbons (Fsp3) is 0.500. The number of carbonyl (C=O) groups is 2. The topological polar surface area (TPSA) is 49.4 Å². The van der Waals surface area contributed by atoms with Crippen LogP contribution >= 0.6 is 15.9 Å². The Balaban J connectivity index is 1.89. The first-order chi connectivity index (χ1) is 10.1. The van der Waals surface area contributed by atoms with Crippen molar-refractivity contribution in [2.45, 2.75) is 32.2 Å². The molecule has 1 aromatic carbocycles. The Morgan fingerprint density at radius 1 is 1.24 bits per heavy atom. The maximum Gasteiger partial charge on any atom is 0.233 e. The number of nitrogens with zero attached hydrogens (tertiary/aromatic N) is 1. The van der Waals surface area contributed by atoms with E-state index in [0.29, 0.717) is 17.8 Å². The summed E-state index contributed by atoms with van der Waals surface area (Å²) in [6.07, 6.45) is 2.04. The van der Waals surface area contributed by atoms with Gasteiger partial charge in [-0.3, -0.25) is 9.59 Å². The molecule has 4 nitrogen and oxygen atoms in total. The lowest BCUT2D eigenvalue weighted by atomic mass is 9.89. The summed E-state index contributed by atoms with van der Waals surface area (Å²) in [7, 11) is 0. The van der Waals surface area contributed by atoms with E-state index in [1.54, 1.807) is 0 Å². The molecule has 5 heteroatoms. The molecule has 0 aromatic heterocycles. The number of nitrogens with one attached hydrogen (secondary N) is 1. The average molecular weight is 353 g/mol. The van der Waals surface area contributed by atoms with Gasteiger partial charge in [-0.2, -0.15) is 0 Å². The Morgan fingerprint density at radius 2 is 1.86 bits per heavy atom. The molecule has 1 aliphatic rings. The number of rotatable bonds is 4. The quantitative estimate of drug-likeness (QED) is 0.846. The van der Waals surface area contributed by atoms with Crippen molar-refractivity contribution in [3.05, 3.63) is 35.4 Å². The average Bonchev–Trinajstić information content (AvgIpc) is 2.53. The Bertz CT molecular complexity index is 494. The maximum absolute atomic E-state index is 11.6. The third-order valence-corrected chi connectivity index (χ3v) is 4.43. The summed E-state index contributed by atoms with van der Waals surface area (Å²) in [6.45, 7) is 3.77. The number of likely N-dealkylation sites (tertiary alicyclic amines) is 1. The predicted molar refractivity (Wildman–Crippen MR) is 86.3 cm³/mol. The molecular formula is C16H21BrN2O2. The van der Waals surface area contributed by atoms with Crippen LogP contribution in [0.2, 0.25) is 0 Å². The third kappa shape index (κ3) is 4.56. The normalized spacial score (nSPS) is 15.8. The largest absolute Gasteiger partial charge is 0.352 e. The number of hydrogen-bond acceptors (Lipinski definition) is 2. The standard InChI is InChI=1S/C16H21BrN2O2/c1-12(20)18-11-13-2-4-14(5-3-13)15-6-8-19(9-7-15)16(21)10-17/h2-5,15H,6-11H2,1H3,(H,18,20). The van der Waals surface area contributed by atoms with E-state index >= 15 is 0 Å². The number of benzene rings is 1. The number of amides is 2. The van der Waals surface area contributed by atoms with Crippen LogP contribution in [0.1, 0.15) is 36.8 Å². The number of halogens is 1. The lowest BCUT2D eigenvalue weighted by molar-refractivity contribution is -0.129. The van der Waals surface area contributed by atoms with Crippen LogP contribution in [-0.2, 0) is 16.1 Å². The monoisotopic (exact) mass is 352 g/mol. The van der Waals surface area contributed by atoms with Crippen molar-refractivity contribution in [3.63, 3.8) is 0 Å². The smallest absolute Gasteiger partial charge is 0.233 e. The molecule has 21 heavy (non-hydrogen) atoms. The Morgan fingerprint density at radius 3 is 2.38 bits per heavy atom. The summed E-state index contributed by atoms with van der Waals surface area (Å²) in [5, 5.41) is 3.21. The second-order valence-corrected chi connectivity index (χ2v) is 6.00. The first kappa shape index (κ1) is 16.0. The second-order valence-electron chi connectivity index (χ2n) is 5.44. The van der Waals surface area contributed by atoms with Gasteiger partial charge in [0, 0.05) is 26.6 Å². The van der Waals surface area contributed by atoms with Crippen molar-refractivity contribution >= 4 is 27.7 Å². The second kappa shape index (κ2) is 7.59. The molecule has 1 fully saturated rings. The molecule has 0 atom stereocenters. The van der Waals surface area contributed by atoms with E-state index in [0.717, 1.165) is 31.5 Å². The minimum atomic E-state index is -0.0112. The molecule has 0 aliphatic carbocycles. The molecule has 0 spiro atoms. The van der Waals surface area contributed by atoms with Crippen molar-refractivity contribution in [3.8, 4) is 0 Å². The van der Waals surface area contributed by atoms with E-state index in [1.807, 2.05) is 4.90 Å². The molecule has 0 bridgehead atoms. The van der Waals surface area contributed by atoms with Crippen LogP contribution < -0.4 is 5.32 Å². The van der Waals surface area contributed by atoms with Crippen molar-refractivity contribution in [1.82, 2.24) is 10.2 Å². The summed E-state index contributed by atoms with van der Waals surface area (Å²) in [5.41, 5.74) is 2.44. The molecule has 2 amide bonds. The van der Waals surface area contributed by atoms with Crippen LogP contribution in [0.4, 0.5) is 0 Å². The van der Waals surface area contributed by atoms with Gasteiger partial charge in [0.2, 0.25) is 11.8 Å². The van der Waals surface area contributed by atoms with Gasteiger partial charge in [0.1, 0.15) is 0 Å². The van der Waals surface area contributed by atoms with Crippen molar-refractivity contribution in [2.24, 2.45) is 0 Å². The number of piperidine rings is 1. The van der Waals surface area contributed by atoms with Crippen molar-refractivity contribution < 1.29 is 9.59 Å². The van der Waals surface area contributed by atoms with E-state index in [2.05, 4.69) is 45.5 Å². The maximum atomic E-state index is 11.6.